The molecular weight excluding hydrogens is 478 g/mol. The van der Waals surface area contributed by atoms with Crippen LogP contribution in [0.1, 0.15) is 51.2 Å². The van der Waals surface area contributed by atoms with E-state index < -0.39 is 11.7 Å². The van der Waals surface area contributed by atoms with Crippen molar-refractivity contribution >= 4 is 34.3 Å². The Balaban J connectivity index is 1.11. The summed E-state index contributed by atoms with van der Waals surface area (Å²) in [5, 5.41) is 3.95. The Bertz CT molecular complexity index is 1330. The lowest BCUT2D eigenvalue weighted by molar-refractivity contribution is -0.136. The fourth-order valence-corrected chi connectivity index (χ4v) is 5.35. The lowest BCUT2D eigenvalue weighted by Crippen LogP contribution is -2.43. The number of rotatable bonds is 5. The number of fused-ring (bicyclic) bond motifs is 1. The molecule has 2 N–H and O–H groups in total. The molecule has 200 valence electrons. The van der Waals surface area contributed by atoms with E-state index in [1.54, 1.807) is 6.20 Å². The first-order valence-electron chi connectivity index (χ1n) is 13.5. The summed E-state index contributed by atoms with van der Waals surface area (Å²) in [6, 6.07) is 12.2. The topological polar surface area (TPSA) is 90.6 Å². The molecule has 38 heavy (non-hydrogen) atoms. The van der Waals surface area contributed by atoms with Crippen molar-refractivity contribution < 1.29 is 14.3 Å². The van der Waals surface area contributed by atoms with E-state index in [1.807, 2.05) is 43.9 Å². The SMILES string of the molecule is CC(C)(C)OC(=O)Nc1cc(CN2CCC(C(=O)N3CC=C(c4c[nH]c5ccccc45)CC3)CC2)ccn1. The highest BCUT2D eigenvalue weighted by Gasteiger charge is 2.29. The first-order chi connectivity index (χ1) is 18.2. The number of carbonyl (C=O) groups excluding carboxylic acids is 2. The number of aromatic nitrogens is 2. The molecule has 0 aliphatic carbocycles. The molecule has 0 saturated carbocycles. The summed E-state index contributed by atoms with van der Waals surface area (Å²) in [7, 11) is 0. The maximum Gasteiger partial charge on any atom is 0.413 e. The highest BCUT2D eigenvalue weighted by molar-refractivity contribution is 5.93. The van der Waals surface area contributed by atoms with Crippen LogP contribution in [0.3, 0.4) is 0 Å². The van der Waals surface area contributed by atoms with Crippen molar-refractivity contribution in [2.24, 2.45) is 5.92 Å². The van der Waals surface area contributed by atoms with Crippen LogP contribution in [-0.4, -0.2) is 63.5 Å². The number of likely N-dealkylation sites (tertiary alicyclic amines) is 1. The third-order valence-electron chi connectivity index (χ3n) is 7.25. The number of amides is 2. The van der Waals surface area contributed by atoms with Crippen molar-refractivity contribution in [3.63, 3.8) is 0 Å². The summed E-state index contributed by atoms with van der Waals surface area (Å²) >= 11 is 0. The van der Waals surface area contributed by atoms with E-state index in [0.717, 1.165) is 56.5 Å². The van der Waals surface area contributed by atoms with Crippen LogP contribution in [0, 0.1) is 5.92 Å². The normalized spacial score (nSPS) is 17.3. The monoisotopic (exact) mass is 515 g/mol. The van der Waals surface area contributed by atoms with Gasteiger partial charge in [0.25, 0.3) is 0 Å². The second-order valence-corrected chi connectivity index (χ2v) is 11.2. The summed E-state index contributed by atoms with van der Waals surface area (Å²) in [6.45, 7) is 9.44. The number of nitrogens with one attached hydrogen (secondary N) is 2. The fourth-order valence-electron chi connectivity index (χ4n) is 5.35. The number of benzene rings is 1. The van der Waals surface area contributed by atoms with Crippen LogP contribution in [0.2, 0.25) is 0 Å². The fraction of sp³-hybridized carbons (Fsp3) is 0.433. The predicted octanol–water partition coefficient (Wildman–Crippen LogP) is 5.44. The molecule has 1 aromatic carbocycles. The number of anilines is 1. The zero-order valence-corrected chi connectivity index (χ0v) is 22.5. The van der Waals surface area contributed by atoms with Gasteiger partial charge in [0.2, 0.25) is 5.91 Å². The summed E-state index contributed by atoms with van der Waals surface area (Å²) in [5.41, 5.74) is 4.23. The minimum absolute atomic E-state index is 0.0797. The van der Waals surface area contributed by atoms with Crippen molar-refractivity contribution in [3.05, 3.63) is 66.0 Å². The minimum atomic E-state index is -0.562. The van der Waals surface area contributed by atoms with Crippen molar-refractivity contribution in [1.82, 2.24) is 19.8 Å². The van der Waals surface area contributed by atoms with E-state index >= 15 is 0 Å². The number of ether oxygens (including phenoxy) is 1. The molecule has 1 saturated heterocycles. The van der Waals surface area contributed by atoms with Gasteiger partial charge in [-0.3, -0.25) is 15.0 Å². The lowest BCUT2D eigenvalue weighted by atomic mass is 9.93. The molecule has 0 spiro atoms. The number of nitrogens with zero attached hydrogens (tertiary/aromatic N) is 3. The van der Waals surface area contributed by atoms with Crippen molar-refractivity contribution in [3.8, 4) is 0 Å². The minimum Gasteiger partial charge on any atom is -0.444 e. The highest BCUT2D eigenvalue weighted by atomic mass is 16.6. The Morgan fingerprint density at radius 3 is 2.66 bits per heavy atom. The molecule has 0 atom stereocenters. The number of carbonyl (C=O) groups is 2. The van der Waals surface area contributed by atoms with Gasteiger partial charge in [0.1, 0.15) is 11.4 Å². The largest absolute Gasteiger partial charge is 0.444 e. The molecule has 2 aliphatic rings. The third-order valence-corrected chi connectivity index (χ3v) is 7.25. The van der Waals surface area contributed by atoms with Crippen molar-refractivity contribution in [2.45, 2.75) is 52.2 Å². The Morgan fingerprint density at radius 1 is 1.13 bits per heavy atom. The van der Waals surface area contributed by atoms with Crippen LogP contribution in [0.4, 0.5) is 10.6 Å². The van der Waals surface area contributed by atoms with Crippen LogP contribution < -0.4 is 5.32 Å². The molecule has 2 aromatic heterocycles. The van der Waals surface area contributed by atoms with Crippen LogP contribution in [-0.2, 0) is 16.1 Å². The van der Waals surface area contributed by atoms with Gasteiger partial charge in [0.15, 0.2) is 0 Å². The molecule has 0 radical (unpaired) electrons. The predicted molar refractivity (Wildman–Crippen MR) is 150 cm³/mol. The number of pyridine rings is 1. The number of hydrogen-bond donors (Lipinski definition) is 2. The van der Waals surface area contributed by atoms with Crippen molar-refractivity contribution in [2.75, 3.05) is 31.5 Å². The van der Waals surface area contributed by atoms with E-state index in [1.165, 1.54) is 16.5 Å². The molecule has 0 bridgehead atoms. The van der Waals surface area contributed by atoms with Gasteiger partial charge in [-0.15, -0.1) is 0 Å². The number of H-pyrrole nitrogens is 1. The Labute approximate surface area is 224 Å². The Hall–Kier alpha value is -3.65. The third kappa shape index (κ3) is 6.25. The molecule has 1 fully saturated rings. The quantitative estimate of drug-likeness (QED) is 0.472. The van der Waals surface area contributed by atoms with E-state index in [9.17, 15) is 9.59 Å². The Morgan fingerprint density at radius 2 is 1.92 bits per heavy atom. The molecule has 5 rings (SSSR count). The number of aromatic amines is 1. The zero-order valence-electron chi connectivity index (χ0n) is 22.5. The summed E-state index contributed by atoms with van der Waals surface area (Å²) in [5.74, 6) is 0.842. The summed E-state index contributed by atoms with van der Waals surface area (Å²) < 4.78 is 5.32. The van der Waals surface area contributed by atoms with Crippen LogP contribution in [0.15, 0.2) is 54.9 Å². The van der Waals surface area contributed by atoms with E-state index in [4.69, 9.17) is 4.74 Å². The van der Waals surface area contributed by atoms with Gasteiger partial charge in [-0.25, -0.2) is 9.78 Å². The standard InChI is InChI=1S/C30H37N5O3/c1-30(2,3)38-29(37)33-27-18-21(8-13-31-27)20-34-14-9-23(10-15-34)28(36)35-16-11-22(12-17-35)25-19-32-26-7-5-4-6-24(25)26/h4-8,11,13,18-19,23,32H,9-10,12,14-17,20H2,1-3H3,(H,31,33,37). The number of hydrogen-bond acceptors (Lipinski definition) is 5. The smallest absolute Gasteiger partial charge is 0.413 e. The van der Waals surface area contributed by atoms with Crippen LogP contribution >= 0.6 is 0 Å². The molecule has 0 unspecified atom stereocenters. The zero-order chi connectivity index (χ0) is 26.7. The number of para-hydroxylation sites is 1. The average molecular weight is 516 g/mol. The van der Waals surface area contributed by atoms with Gasteiger partial charge in [-0.1, -0.05) is 24.3 Å². The molecule has 3 aromatic rings. The molecular formula is C30H37N5O3. The highest BCUT2D eigenvalue weighted by Crippen LogP contribution is 2.30. The molecule has 4 heterocycles. The van der Waals surface area contributed by atoms with E-state index in [2.05, 4.69) is 50.7 Å². The maximum absolute atomic E-state index is 13.3. The average Bonchev–Trinajstić information content (AvgIpc) is 3.32. The van der Waals surface area contributed by atoms with Gasteiger partial charge in [0, 0.05) is 54.4 Å². The number of piperidine rings is 1. The summed E-state index contributed by atoms with van der Waals surface area (Å²) in [4.78, 5) is 37.3. The lowest BCUT2D eigenvalue weighted by Gasteiger charge is -2.35. The first-order valence-corrected chi connectivity index (χ1v) is 13.5. The van der Waals surface area contributed by atoms with Gasteiger partial charge in [-0.2, -0.15) is 0 Å². The van der Waals surface area contributed by atoms with Crippen LogP contribution in [0.5, 0.6) is 0 Å². The first kappa shape index (κ1) is 26.0. The maximum atomic E-state index is 13.3. The van der Waals surface area contributed by atoms with E-state index in [0.29, 0.717) is 12.4 Å². The molecule has 8 heteroatoms. The molecule has 2 aliphatic heterocycles. The Kier molecular flexibility index (Phi) is 7.51. The second-order valence-electron chi connectivity index (χ2n) is 11.2. The van der Waals surface area contributed by atoms with Crippen molar-refractivity contribution in [1.29, 1.82) is 0 Å². The van der Waals surface area contributed by atoms with Crippen LogP contribution in [0.25, 0.3) is 16.5 Å². The summed E-state index contributed by atoms with van der Waals surface area (Å²) in [6.07, 6.45) is 8.11. The van der Waals surface area contributed by atoms with Gasteiger partial charge in [-0.05, 0) is 82.5 Å². The molecule has 8 nitrogen and oxygen atoms in total. The van der Waals surface area contributed by atoms with Gasteiger partial charge >= 0.3 is 6.09 Å². The van der Waals surface area contributed by atoms with Gasteiger partial charge < -0.3 is 14.6 Å². The second kappa shape index (κ2) is 11.0. The van der Waals surface area contributed by atoms with E-state index in [-0.39, 0.29) is 11.8 Å². The molecule has 2 amide bonds. The van der Waals surface area contributed by atoms with Gasteiger partial charge in [0.05, 0.1) is 0 Å².